The first-order valence-electron chi connectivity index (χ1n) is 5.09. The molecular weight excluding hydrogens is 212 g/mol. The smallest absolute Gasteiger partial charge is 0.144 e. The van der Waals surface area contributed by atoms with Crippen LogP contribution in [0.15, 0.2) is 5.16 Å². The summed E-state index contributed by atoms with van der Waals surface area (Å²) >= 11 is 1.70. The molecule has 15 heavy (non-hydrogen) atoms. The molecule has 0 spiro atoms. The number of amidine groups is 1. The van der Waals surface area contributed by atoms with Crippen molar-refractivity contribution in [2.45, 2.75) is 45.5 Å². The number of hydrogen-bond donors (Lipinski definition) is 3. The highest BCUT2D eigenvalue weighted by molar-refractivity contribution is 7.99. The minimum Gasteiger partial charge on any atom is -0.409 e. The SMILES string of the molecule is CC(O)C(C)SCCC(C)(C)C(N)=NO. The van der Waals surface area contributed by atoms with Crippen LogP contribution in [0.4, 0.5) is 0 Å². The van der Waals surface area contributed by atoms with E-state index >= 15 is 0 Å². The van der Waals surface area contributed by atoms with Crippen LogP contribution in [-0.2, 0) is 0 Å². The first-order chi connectivity index (χ1) is 6.81. The summed E-state index contributed by atoms with van der Waals surface area (Å²) in [5, 5.41) is 21.1. The summed E-state index contributed by atoms with van der Waals surface area (Å²) in [4.78, 5) is 0. The second-order valence-electron chi connectivity index (χ2n) is 4.44. The standard InChI is InChI=1S/C10H22N2O2S/c1-7(13)8(2)15-6-5-10(3,4)9(11)12-14/h7-8,13-14H,5-6H2,1-4H3,(H2,11,12). The Morgan fingerprint density at radius 1 is 1.47 bits per heavy atom. The monoisotopic (exact) mass is 234 g/mol. The number of rotatable bonds is 6. The van der Waals surface area contributed by atoms with Crippen molar-refractivity contribution in [2.75, 3.05) is 5.75 Å². The zero-order valence-electron chi connectivity index (χ0n) is 9.90. The summed E-state index contributed by atoms with van der Waals surface area (Å²) in [6.45, 7) is 7.66. The van der Waals surface area contributed by atoms with Crippen LogP contribution in [0, 0.1) is 5.41 Å². The van der Waals surface area contributed by atoms with E-state index in [0.29, 0.717) is 0 Å². The van der Waals surface area contributed by atoms with Gasteiger partial charge in [0.25, 0.3) is 0 Å². The Morgan fingerprint density at radius 2 is 2.00 bits per heavy atom. The number of thioether (sulfide) groups is 1. The largest absolute Gasteiger partial charge is 0.409 e. The summed E-state index contributed by atoms with van der Waals surface area (Å²) in [6, 6.07) is 0. The molecule has 90 valence electrons. The molecule has 0 aliphatic rings. The average molecular weight is 234 g/mol. The Bertz CT molecular complexity index is 217. The minimum absolute atomic E-state index is 0.216. The summed E-state index contributed by atoms with van der Waals surface area (Å²) in [5.74, 6) is 1.14. The van der Waals surface area contributed by atoms with Crippen molar-refractivity contribution >= 4 is 17.6 Å². The molecule has 0 rings (SSSR count). The van der Waals surface area contributed by atoms with E-state index in [-0.39, 0.29) is 22.6 Å². The van der Waals surface area contributed by atoms with Gasteiger partial charge >= 0.3 is 0 Å². The third kappa shape index (κ3) is 5.28. The molecule has 0 aliphatic heterocycles. The van der Waals surface area contributed by atoms with Crippen LogP contribution < -0.4 is 5.73 Å². The predicted molar refractivity (Wildman–Crippen MR) is 65.4 cm³/mol. The van der Waals surface area contributed by atoms with E-state index in [0.717, 1.165) is 12.2 Å². The number of aliphatic hydroxyl groups excluding tert-OH is 1. The fraction of sp³-hybridized carbons (Fsp3) is 0.900. The Balaban J connectivity index is 3.96. The first-order valence-corrected chi connectivity index (χ1v) is 6.14. The lowest BCUT2D eigenvalue weighted by Gasteiger charge is -2.23. The average Bonchev–Trinajstić information content (AvgIpc) is 2.15. The molecule has 4 nitrogen and oxygen atoms in total. The van der Waals surface area contributed by atoms with E-state index in [1.807, 2.05) is 20.8 Å². The molecule has 0 heterocycles. The van der Waals surface area contributed by atoms with Gasteiger partial charge in [0, 0.05) is 10.7 Å². The van der Waals surface area contributed by atoms with Gasteiger partial charge in [0.2, 0.25) is 0 Å². The van der Waals surface area contributed by atoms with Gasteiger partial charge in [-0.3, -0.25) is 0 Å². The van der Waals surface area contributed by atoms with Crippen molar-refractivity contribution in [1.82, 2.24) is 0 Å². The topological polar surface area (TPSA) is 78.8 Å². The molecule has 0 fully saturated rings. The first kappa shape index (κ1) is 14.6. The van der Waals surface area contributed by atoms with Crippen LogP contribution in [0.2, 0.25) is 0 Å². The van der Waals surface area contributed by atoms with Crippen molar-refractivity contribution in [3.05, 3.63) is 0 Å². The Morgan fingerprint density at radius 3 is 2.40 bits per heavy atom. The maximum Gasteiger partial charge on any atom is 0.144 e. The normalized spacial score (nSPS) is 17.5. The van der Waals surface area contributed by atoms with Crippen molar-refractivity contribution in [2.24, 2.45) is 16.3 Å². The molecule has 4 N–H and O–H groups in total. The number of aliphatic hydroxyl groups is 1. The molecule has 0 amide bonds. The molecule has 0 aromatic carbocycles. The lowest BCUT2D eigenvalue weighted by Crippen LogP contribution is -2.32. The van der Waals surface area contributed by atoms with E-state index < -0.39 is 0 Å². The number of nitrogens with zero attached hydrogens (tertiary/aromatic N) is 1. The Kier molecular flexibility index (Phi) is 6.05. The van der Waals surface area contributed by atoms with Crippen LogP contribution in [0.5, 0.6) is 0 Å². The van der Waals surface area contributed by atoms with Gasteiger partial charge in [-0.25, -0.2) is 0 Å². The fourth-order valence-electron chi connectivity index (χ4n) is 0.903. The highest BCUT2D eigenvalue weighted by Crippen LogP contribution is 2.25. The molecular formula is C10H22N2O2S. The van der Waals surface area contributed by atoms with E-state index in [2.05, 4.69) is 5.16 Å². The lowest BCUT2D eigenvalue weighted by atomic mass is 9.89. The number of oxime groups is 1. The summed E-state index contributed by atoms with van der Waals surface area (Å²) < 4.78 is 0. The number of nitrogens with two attached hydrogens (primary N) is 1. The van der Waals surface area contributed by atoms with Gasteiger partial charge in [0.05, 0.1) is 6.10 Å². The molecule has 0 radical (unpaired) electrons. The summed E-state index contributed by atoms with van der Waals surface area (Å²) in [7, 11) is 0. The quantitative estimate of drug-likeness (QED) is 0.282. The van der Waals surface area contributed by atoms with Crippen molar-refractivity contribution in [3.8, 4) is 0 Å². The summed E-state index contributed by atoms with van der Waals surface area (Å²) in [6.07, 6.45) is 0.520. The molecule has 2 unspecified atom stereocenters. The second-order valence-corrected chi connectivity index (χ2v) is 5.92. The molecule has 0 saturated carbocycles. The van der Waals surface area contributed by atoms with Gasteiger partial charge in [-0.05, 0) is 19.1 Å². The zero-order chi connectivity index (χ0) is 12.1. The predicted octanol–water partition coefficient (Wildman–Crippen LogP) is 1.65. The Hall–Kier alpha value is -0.420. The third-order valence-electron chi connectivity index (χ3n) is 2.59. The second kappa shape index (κ2) is 6.23. The van der Waals surface area contributed by atoms with Gasteiger partial charge in [-0.2, -0.15) is 11.8 Å². The lowest BCUT2D eigenvalue weighted by molar-refractivity contribution is 0.196. The van der Waals surface area contributed by atoms with Gasteiger partial charge in [0.1, 0.15) is 5.84 Å². The zero-order valence-corrected chi connectivity index (χ0v) is 10.7. The van der Waals surface area contributed by atoms with Crippen molar-refractivity contribution < 1.29 is 10.3 Å². The molecule has 0 aliphatic carbocycles. The van der Waals surface area contributed by atoms with Crippen LogP contribution in [0.25, 0.3) is 0 Å². The van der Waals surface area contributed by atoms with Crippen LogP contribution in [0.1, 0.15) is 34.1 Å². The maximum absolute atomic E-state index is 9.30. The Labute approximate surface area is 95.9 Å². The highest BCUT2D eigenvalue weighted by Gasteiger charge is 2.23. The van der Waals surface area contributed by atoms with Crippen LogP contribution >= 0.6 is 11.8 Å². The molecule has 0 saturated heterocycles. The maximum atomic E-state index is 9.30. The molecule has 0 bridgehead atoms. The van der Waals surface area contributed by atoms with E-state index in [1.54, 1.807) is 18.7 Å². The highest BCUT2D eigenvalue weighted by atomic mass is 32.2. The van der Waals surface area contributed by atoms with Crippen molar-refractivity contribution in [1.29, 1.82) is 0 Å². The molecule has 0 aromatic heterocycles. The van der Waals surface area contributed by atoms with E-state index in [9.17, 15) is 5.11 Å². The number of hydrogen-bond acceptors (Lipinski definition) is 4. The third-order valence-corrected chi connectivity index (χ3v) is 3.95. The van der Waals surface area contributed by atoms with Crippen LogP contribution in [-0.4, -0.2) is 33.3 Å². The minimum atomic E-state index is -0.304. The van der Waals surface area contributed by atoms with E-state index in [4.69, 9.17) is 10.9 Å². The molecule has 5 heteroatoms. The van der Waals surface area contributed by atoms with Gasteiger partial charge in [0.15, 0.2) is 0 Å². The molecule has 2 atom stereocenters. The van der Waals surface area contributed by atoms with Crippen LogP contribution in [0.3, 0.4) is 0 Å². The van der Waals surface area contributed by atoms with Gasteiger partial charge < -0.3 is 16.0 Å². The van der Waals surface area contributed by atoms with Crippen molar-refractivity contribution in [3.63, 3.8) is 0 Å². The molecule has 0 aromatic rings. The van der Waals surface area contributed by atoms with E-state index in [1.165, 1.54) is 0 Å². The summed E-state index contributed by atoms with van der Waals surface area (Å²) in [5.41, 5.74) is 5.28. The fourth-order valence-corrected chi connectivity index (χ4v) is 2.18. The van der Waals surface area contributed by atoms with Gasteiger partial charge in [-0.1, -0.05) is 25.9 Å². The van der Waals surface area contributed by atoms with Gasteiger partial charge in [-0.15, -0.1) is 0 Å².